The van der Waals surface area contributed by atoms with Crippen LogP contribution in [0.1, 0.15) is 51.3 Å². The van der Waals surface area contributed by atoms with E-state index in [1.54, 1.807) is 18.1 Å². The number of benzene rings is 4. The lowest BCUT2D eigenvalue weighted by atomic mass is 9.97. The maximum absolute atomic E-state index is 14.1. The monoisotopic (exact) mass is 561 g/mol. The van der Waals surface area contributed by atoms with Crippen molar-refractivity contribution in [3.05, 3.63) is 129 Å². The fraction of sp³-hybridized carbons (Fsp3) is 0.200. The summed E-state index contributed by atoms with van der Waals surface area (Å²) in [5, 5.41) is 0.440. The number of anilines is 1. The van der Waals surface area contributed by atoms with Crippen LogP contribution < -0.4 is 24.5 Å². The molecule has 0 saturated heterocycles. The topological polar surface area (TPSA) is 78.2 Å². The molecule has 4 aromatic carbocycles. The van der Waals surface area contributed by atoms with Crippen molar-refractivity contribution in [1.82, 2.24) is 0 Å². The molecular formula is C35H31NO6. The van der Waals surface area contributed by atoms with Crippen molar-refractivity contribution in [3.63, 3.8) is 0 Å². The van der Waals surface area contributed by atoms with E-state index in [0.29, 0.717) is 58.2 Å². The van der Waals surface area contributed by atoms with E-state index in [4.69, 9.17) is 18.6 Å². The van der Waals surface area contributed by atoms with Gasteiger partial charge in [0.1, 0.15) is 17.9 Å². The van der Waals surface area contributed by atoms with Gasteiger partial charge in [-0.1, -0.05) is 42.5 Å². The van der Waals surface area contributed by atoms with Gasteiger partial charge in [0, 0.05) is 11.8 Å². The summed E-state index contributed by atoms with van der Waals surface area (Å²) in [4.78, 5) is 29.8. The Morgan fingerprint density at radius 2 is 1.62 bits per heavy atom. The summed E-state index contributed by atoms with van der Waals surface area (Å²) in [5.41, 5.74) is 4.69. The first-order chi connectivity index (χ1) is 20.4. The smallest absolute Gasteiger partial charge is 0.295 e. The maximum Gasteiger partial charge on any atom is 0.295 e. The van der Waals surface area contributed by atoms with Gasteiger partial charge in [-0.25, -0.2) is 0 Å². The zero-order valence-electron chi connectivity index (χ0n) is 24.0. The van der Waals surface area contributed by atoms with Crippen molar-refractivity contribution < 1.29 is 23.4 Å². The van der Waals surface area contributed by atoms with Gasteiger partial charge in [0.15, 0.2) is 16.9 Å². The van der Waals surface area contributed by atoms with Crippen molar-refractivity contribution in [2.45, 2.75) is 33.4 Å². The van der Waals surface area contributed by atoms with E-state index in [2.05, 4.69) is 0 Å². The van der Waals surface area contributed by atoms with Crippen LogP contribution in [0, 0.1) is 13.8 Å². The molecule has 0 bridgehead atoms. The molecular weight excluding hydrogens is 530 g/mol. The van der Waals surface area contributed by atoms with E-state index in [0.717, 1.165) is 16.7 Å². The fourth-order valence-corrected chi connectivity index (χ4v) is 5.39. The van der Waals surface area contributed by atoms with Crippen LogP contribution in [0.15, 0.2) is 94.1 Å². The van der Waals surface area contributed by atoms with Crippen LogP contribution in [0.5, 0.6) is 17.2 Å². The molecule has 1 aliphatic heterocycles. The summed E-state index contributed by atoms with van der Waals surface area (Å²) < 4.78 is 23.8. The third-order valence-electron chi connectivity index (χ3n) is 7.64. The number of hydrogen-bond donors (Lipinski definition) is 0. The number of methoxy groups -OCH3 is 1. The van der Waals surface area contributed by atoms with Crippen molar-refractivity contribution in [3.8, 4) is 17.2 Å². The Hall–Kier alpha value is -5.04. The van der Waals surface area contributed by atoms with Gasteiger partial charge in [0.25, 0.3) is 5.91 Å². The second kappa shape index (κ2) is 11.1. The molecule has 0 fully saturated rings. The molecule has 5 aromatic rings. The third kappa shape index (κ3) is 4.77. The number of fused-ring (bicyclic) bond motifs is 2. The van der Waals surface area contributed by atoms with Gasteiger partial charge >= 0.3 is 0 Å². The van der Waals surface area contributed by atoms with Crippen LogP contribution in [0.4, 0.5) is 5.69 Å². The molecule has 42 heavy (non-hydrogen) atoms. The lowest BCUT2D eigenvalue weighted by Crippen LogP contribution is -2.29. The average Bonchev–Trinajstić information content (AvgIpc) is 3.30. The summed E-state index contributed by atoms with van der Waals surface area (Å²) in [6.45, 7) is 6.59. The summed E-state index contributed by atoms with van der Waals surface area (Å²) in [7, 11) is 1.57. The predicted octanol–water partition coefficient (Wildman–Crippen LogP) is 7.15. The third-order valence-corrected chi connectivity index (χ3v) is 7.64. The van der Waals surface area contributed by atoms with Crippen LogP contribution in [0.3, 0.4) is 0 Å². The molecule has 1 unspecified atom stereocenters. The van der Waals surface area contributed by atoms with Crippen molar-refractivity contribution >= 4 is 22.6 Å². The number of carbonyl (C=O) groups is 1. The van der Waals surface area contributed by atoms with Gasteiger partial charge in [-0.2, -0.15) is 0 Å². The molecule has 1 aliphatic rings. The van der Waals surface area contributed by atoms with E-state index in [1.807, 2.05) is 99.6 Å². The van der Waals surface area contributed by atoms with Crippen LogP contribution in [0.2, 0.25) is 0 Å². The maximum atomic E-state index is 14.1. The average molecular weight is 562 g/mol. The highest BCUT2D eigenvalue weighted by molar-refractivity contribution is 6.10. The Balaban J connectivity index is 1.52. The van der Waals surface area contributed by atoms with Crippen molar-refractivity contribution in [2.24, 2.45) is 0 Å². The molecule has 7 nitrogen and oxygen atoms in total. The molecule has 1 aromatic heterocycles. The lowest BCUT2D eigenvalue weighted by Gasteiger charge is -2.26. The zero-order chi connectivity index (χ0) is 29.4. The highest BCUT2D eigenvalue weighted by Crippen LogP contribution is 2.44. The highest BCUT2D eigenvalue weighted by Gasteiger charge is 2.44. The quantitative estimate of drug-likeness (QED) is 0.200. The van der Waals surface area contributed by atoms with Crippen LogP contribution >= 0.6 is 0 Å². The summed E-state index contributed by atoms with van der Waals surface area (Å²) in [5.74, 6) is 1.31. The van der Waals surface area contributed by atoms with Gasteiger partial charge < -0.3 is 18.6 Å². The normalized spacial score (nSPS) is 14.2. The van der Waals surface area contributed by atoms with E-state index >= 15 is 0 Å². The van der Waals surface area contributed by atoms with Crippen LogP contribution in [-0.4, -0.2) is 19.6 Å². The van der Waals surface area contributed by atoms with E-state index in [9.17, 15) is 9.59 Å². The molecule has 0 aliphatic carbocycles. The van der Waals surface area contributed by atoms with Gasteiger partial charge in [-0.05, 0) is 79.4 Å². The SMILES string of the molecule is CCOc1cc(C2c3c(oc4cc(C)c(C)cc4c3=O)C(=O)N2c2cccc(OC)c2)ccc1OCc1ccccc1. The van der Waals surface area contributed by atoms with Crippen molar-refractivity contribution in [2.75, 3.05) is 18.6 Å². The molecule has 0 radical (unpaired) electrons. The first kappa shape index (κ1) is 27.1. The molecule has 7 heteroatoms. The predicted molar refractivity (Wildman–Crippen MR) is 162 cm³/mol. The largest absolute Gasteiger partial charge is 0.497 e. The van der Waals surface area contributed by atoms with Gasteiger partial charge in [0.05, 0.1) is 30.7 Å². The second-order valence-corrected chi connectivity index (χ2v) is 10.3. The molecule has 1 atom stereocenters. The zero-order valence-corrected chi connectivity index (χ0v) is 24.0. The summed E-state index contributed by atoms with van der Waals surface area (Å²) in [6, 6.07) is 25.5. The highest BCUT2D eigenvalue weighted by atomic mass is 16.5. The minimum Gasteiger partial charge on any atom is -0.497 e. The first-order valence-electron chi connectivity index (χ1n) is 13.9. The van der Waals surface area contributed by atoms with E-state index < -0.39 is 11.9 Å². The van der Waals surface area contributed by atoms with E-state index in [-0.39, 0.29) is 11.2 Å². The Morgan fingerprint density at radius 1 is 0.833 bits per heavy atom. The Kier molecular flexibility index (Phi) is 7.17. The number of carbonyl (C=O) groups excluding carboxylic acids is 1. The van der Waals surface area contributed by atoms with Gasteiger partial charge in [0.2, 0.25) is 5.76 Å². The molecule has 0 N–H and O–H groups in total. The number of aryl methyl sites for hydroxylation is 2. The fourth-order valence-electron chi connectivity index (χ4n) is 5.39. The molecule has 1 amide bonds. The van der Waals surface area contributed by atoms with Crippen LogP contribution in [0.25, 0.3) is 11.0 Å². The number of hydrogen-bond acceptors (Lipinski definition) is 6. The first-order valence-corrected chi connectivity index (χ1v) is 13.9. The van der Waals surface area contributed by atoms with Crippen LogP contribution in [-0.2, 0) is 6.61 Å². The summed E-state index contributed by atoms with van der Waals surface area (Å²) >= 11 is 0. The molecule has 0 saturated carbocycles. The second-order valence-electron chi connectivity index (χ2n) is 10.3. The number of amides is 1. The number of rotatable bonds is 8. The Labute approximate surface area is 243 Å². The Bertz CT molecular complexity index is 1860. The van der Waals surface area contributed by atoms with Crippen molar-refractivity contribution in [1.29, 1.82) is 0 Å². The lowest BCUT2D eigenvalue weighted by molar-refractivity contribution is 0.0971. The van der Waals surface area contributed by atoms with E-state index in [1.165, 1.54) is 0 Å². The molecule has 6 rings (SSSR count). The molecule has 2 heterocycles. The summed E-state index contributed by atoms with van der Waals surface area (Å²) in [6.07, 6.45) is 0. The van der Waals surface area contributed by atoms with Gasteiger partial charge in [-0.15, -0.1) is 0 Å². The molecule has 0 spiro atoms. The number of nitrogens with zero attached hydrogens (tertiary/aromatic N) is 1. The minimum atomic E-state index is -0.760. The molecule has 212 valence electrons. The Morgan fingerprint density at radius 3 is 2.38 bits per heavy atom. The van der Waals surface area contributed by atoms with Gasteiger partial charge in [-0.3, -0.25) is 14.5 Å². The number of ether oxygens (including phenoxy) is 3. The minimum absolute atomic E-state index is 0.0333. The standard InChI is InChI=1S/C35H31NO6/c1-5-40-30-18-24(14-15-28(30)41-20-23-10-7-6-8-11-23)32-31-33(37)27-16-21(2)22(3)17-29(27)42-34(31)35(38)36(32)25-12-9-13-26(19-25)39-4/h6-19,32H,5,20H2,1-4H3.